The molecule has 0 saturated carbocycles. The van der Waals surface area contributed by atoms with Gasteiger partial charge in [0.15, 0.2) is 0 Å². The molecule has 0 fully saturated rings. The minimum Gasteiger partial charge on any atom is -0.273 e. The lowest BCUT2D eigenvalue weighted by Gasteiger charge is -2.01. The van der Waals surface area contributed by atoms with Gasteiger partial charge >= 0.3 is 0 Å². The molecule has 0 aliphatic rings. The van der Waals surface area contributed by atoms with E-state index >= 15 is 0 Å². The summed E-state index contributed by atoms with van der Waals surface area (Å²) in [5, 5.41) is 4.60. The van der Waals surface area contributed by atoms with Gasteiger partial charge in [0.05, 0.1) is 6.21 Å². The maximum atomic E-state index is 11.6. The zero-order valence-electron chi connectivity index (χ0n) is 12.8. The van der Waals surface area contributed by atoms with Crippen molar-refractivity contribution in [1.82, 2.24) is 5.43 Å². The van der Waals surface area contributed by atoms with E-state index in [1.54, 1.807) is 18.3 Å². The van der Waals surface area contributed by atoms with Crippen molar-refractivity contribution < 1.29 is 4.79 Å². The molecule has 0 saturated heterocycles. The molecule has 0 aliphatic heterocycles. The van der Waals surface area contributed by atoms with Crippen LogP contribution in [-0.4, -0.2) is 12.1 Å². The molecule has 0 aromatic heterocycles. The quantitative estimate of drug-likeness (QED) is 0.371. The van der Waals surface area contributed by atoms with E-state index in [0.29, 0.717) is 11.4 Å². The average molecular weight is 309 g/mol. The standard InChI is InChI=1S/C17H25ClN2O/c1-2-3-4-5-6-7-8-12-17(21)20-19-14-15-10-9-11-16(18)13-15/h9-11,13-14H,2-8,12H2,1H3,(H,20,21)/b19-14+. The Morgan fingerprint density at radius 1 is 1.19 bits per heavy atom. The van der Waals surface area contributed by atoms with Crippen molar-refractivity contribution in [2.45, 2.75) is 58.3 Å². The highest BCUT2D eigenvalue weighted by Gasteiger charge is 1.99. The summed E-state index contributed by atoms with van der Waals surface area (Å²) in [5.74, 6) is -0.0261. The van der Waals surface area contributed by atoms with Crippen LogP contribution in [0.25, 0.3) is 0 Å². The molecule has 1 N–H and O–H groups in total. The molecule has 0 radical (unpaired) electrons. The summed E-state index contributed by atoms with van der Waals surface area (Å²) in [4.78, 5) is 11.6. The van der Waals surface area contributed by atoms with Crippen LogP contribution in [-0.2, 0) is 4.79 Å². The third-order valence-electron chi connectivity index (χ3n) is 3.26. The van der Waals surface area contributed by atoms with E-state index in [9.17, 15) is 4.79 Å². The first-order valence-electron chi connectivity index (χ1n) is 7.80. The Kier molecular flexibility index (Phi) is 9.55. The van der Waals surface area contributed by atoms with Crippen molar-refractivity contribution in [3.05, 3.63) is 34.9 Å². The number of rotatable bonds is 10. The van der Waals surface area contributed by atoms with Crippen molar-refractivity contribution in [2.24, 2.45) is 5.10 Å². The van der Waals surface area contributed by atoms with Gasteiger partial charge in [-0.25, -0.2) is 5.43 Å². The van der Waals surface area contributed by atoms with Crippen molar-refractivity contribution in [1.29, 1.82) is 0 Å². The average Bonchev–Trinajstić information content (AvgIpc) is 2.46. The maximum absolute atomic E-state index is 11.6. The number of nitrogens with one attached hydrogen (secondary N) is 1. The summed E-state index contributed by atoms with van der Waals surface area (Å²) in [6.45, 7) is 2.22. The topological polar surface area (TPSA) is 41.5 Å². The molecule has 1 amide bonds. The number of amides is 1. The molecule has 21 heavy (non-hydrogen) atoms. The normalized spacial score (nSPS) is 11.0. The van der Waals surface area contributed by atoms with Gasteiger partial charge in [0.2, 0.25) is 5.91 Å². The Morgan fingerprint density at radius 3 is 2.62 bits per heavy atom. The Bertz CT molecular complexity index is 446. The second-order valence-electron chi connectivity index (χ2n) is 5.22. The van der Waals surface area contributed by atoms with Crippen LogP contribution in [0.15, 0.2) is 29.4 Å². The van der Waals surface area contributed by atoms with Gasteiger partial charge in [0.1, 0.15) is 0 Å². The van der Waals surface area contributed by atoms with E-state index < -0.39 is 0 Å². The molecule has 1 aromatic carbocycles. The number of carbonyl (C=O) groups excluding carboxylic acids is 1. The lowest BCUT2D eigenvalue weighted by molar-refractivity contribution is -0.121. The van der Waals surface area contributed by atoms with Crippen LogP contribution in [0.3, 0.4) is 0 Å². The van der Waals surface area contributed by atoms with Crippen LogP contribution in [0.4, 0.5) is 0 Å². The number of hydrazone groups is 1. The minimum absolute atomic E-state index is 0.0261. The lowest BCUT2D eigenvalue weighted by atomic mass is 10.1. The number of halogens is 1. The Morgan fingerprint density at radius 2 is 1.90 bits per heavy atom. The predicted molar refractivity (Wildman–Crippen MR) is 89.8 cm³/mol. The number of hydrogen-bond acceptors (Lipinski definition) is 2. The first-order chi connectivity index (χ1) is 10.2. The molecule has 116 valence electrons. The van der Waals surface area contributed by atoms with Crippen molar-refractivity contribution >= 4 is 23.7 Å². The molecular weight excluding hydrogens is 284 g/mol. The molecule has 0 atom stereocenters. The smallest absolute Gasteiger partial charge is 0.240 e. The first kappa shape index (κ1) is 17.7. The molecular formula is C17H25ClN2O. The number of hydrogen-bond donors (Lipinski definition) is 1. The molecule has 1 rings (SSSR count). The van der Waals surface area contributed by atoms with E-state index in [1.165, 1.54) is 32.1 Å². The highest BCUT2D eigenvalue weighted by atomic mass is 35.5. The molecule has 0 unspecified atom stereocenters. The number of benzene rings is 1. The van der Waals surface area contributed by atoms with Crippen LogP contribution in [0.1, 0.15) is 63.9 Å². The summed E-state index contributed by atoms with van der Waals surface area (Å²) >= 11 is 5.87. The van der Waals surface area contributed by atoms with Gasteiger partial charge in [-0.05, 0) is 24.1 Å². The second kappa shape index (κ2) is 11.3. The van der Waals surface area contributed by atoms with Crippen molar-refractivity contribution in [2.75, 3.05) is 0 Å². The van der Waals surface area contributed by atoms with E-state index in [2.05, 4.69) is 17.5 Å². The Hall–Kier alpha value is -1.35. The van der Waals surface area contributed by atoms with Gasteiger partial charge in [0, 0.05) is 11.4 Å². The fraction of sp³-hybridized carbons (Fsp3) is 0.529. The third-order valence-corrected chi connectivity index (χ3v) is 3.49. The van der Waals surface area contributed by atoms with Crippen LogP contribution in [0, 0.1) is 0 Å². The number of carbonyl (C=O) groups is 1. The lowest BCUT2D eigenvalue weighted by Crippen LogP contribution is -2.16. The second-order valence-corrected chi connectivity index (χ2v) is 5.66. The summed E-state index contributed by atoms with van der Waals surface area (Å²) < 4.78 is 0. The predicted octanol–water partition coefficient (Wildman–Crippen LogP) is 4.93. The number of nitrogens with zero attached hydrogens (tertiary/aromatic N) is 1. The Balaban J connectivity index is 2.08. The summed E-state index contributed by atoms with van der Waals surface area (Å²) in [7, 11) is 0. The first-order valence-corrected chi connectivity index (χ1v) is 8.17. The molecule has 0 aliphatic carbocycles. The SMILES string of the molecule is CCCCCCCCCC(=O)N/N=C/c1cccc(Cl)c1. The monoisotopic (exact) mass is 308 g/mol. The molecule has 4 heteroatoms. The fourth-order valence-corrected chi connectivity index (χ4v) is 2.26. The third kappa shape index (κ3) is 9.24. The van der Waals surface area contributed by atoms with Gasteiger partial charge in [-0.2, -0.15) is 5.10 Å². The van der Waals surface area contributed by atoms with E-state index in [-0.39, 0.29) is 5.91 Å². The number of unbranched alkanes of at least 4 members (excludes halogenated alkanes) is 6. The summed E-state index contributed by atoms with van der Waals surface area (Å²) in [6, 6.07) is 7.34. The van der Waals surface area contributed by atoms with E-state index in [4.69, 9.17) is 11.6 Å². The summed E-state index contributed by atoms with van der Waals surface area (Å²) in [6.07, 6.45) is 10.6. The zero-order chi connectivity index (χ0) is 15.3. The van der Waals surface area contributed by atoms with Crippen LogP contribution in [0.5, 0.6) is 0 Å². The summed E-state index contributed by atoms with van der Waals surface area (Å²) in [5.41, 5.74) is 3.42. The van der Waals surface area contributed by atoms with Crippen LogP contribution >= 0.6 is 11.6 Å². The van der Waals surface area contributed by atoms with Gasteiger partial charge in [-0.1, -0.05) is 69.2 Å². The highest BCUT2D eigenvalue weighted by Crippen LogP contribution is 2.09. The molecule has 3 nitrogen and oxygen atoms in total. The minimum atomic E-state index is -0.0261. The molecule has 1 aromatic rings. The van der Waals surface area contributed by atoms with Gasteiger partial charge in [-0.15, -0.1) is 0 Å². The van der Waals surface area contributed by atoms with Gasteiger partial charge < -0.3 is 0 Å². The molecule has 0 bridgehead atoms. The van der Waals surface area contributed by atoms with Crippen molar-refractivity contribution in [3.8, 4) is 0 Å². The fourth-order valence-electron chi connectivity index (χ4n) is 2.06. The van der Waals surface area contributed by atoms with E-state index in [0.717, 1.165) is 18.4 Å². The zero-order valence-corrected chi connectivity index (χ0v) is 13.5. The largest absolute Gasteiger partial charge is 0.273 e. The maximum Gasteiger partial charge on any atom is 0.240 e. The van der Waals surface area contributed by atoms with Crippen LogP contribution < -0.4 is 5.43 Å². The Labute approximate surface area is 132 Å². The van der Waals surface area contributed by atoms with E-state index in [1.807, 2.05) is 12.1 Å². The van der Waals surface area contributed by atoms with Crippen molar-refractivity contribution in [3.63, 3.8) is 0 Å². The van der Waals surface area contributed by atoms with Gasteiger partial charge in [-0.3, -0.25) is 4.79 Å². The van der Waals surface area contributed by atoms with Crippen LogP contribution in [0.2, 0.25) is 5.02 Å². The molecule has 0 spiro atoms. The van der Waals surface area contributed by atoms with Gasteiger partial charge in [0.25, 0.3) is 0 Å². The highest BCUT2D eigenvalue weighted by molar-refractivity contribution is 6.30. The molecule has 0 heterocycles.